The van der Waals surface area contributed by atoms with Crippen LogP contribution < -0.4 is 9.64 Å². The van der Waals surface area contributed by atoms with Gasteiger partial charge in [0.1, 0.15) is 5.75 Å². The maximum absolute atomic E-state index is 12.5. The summed E-state index contributed by atoms with van der Waals surface area (Å²) in [5, 5.41) is 4.85. The molecule has 0 bridgehead atoms. The highest BCUT2D eigenvalue weighted by Crippen LogP contribution is 2.42. The summed E-state index contributed by atoms with van der Waals surface area (Å²) < 4.78 is 48.7. The molecular weight excluding hydrogens is 435 g/mol. The molecule has 0 unspecified atom stereocenters. The van der Waals surface area contributed by atoms with Crippen molar-refractivity contribution in [3.8, 4) is 11.4 Å². The zero-order valence-electron chi connectivity index (χ0n) is 18.6. The molecule has 180 valence electrons. The molecule has 0 radical (unpaired) electrons. The molecule has 0 amide bonds. The van der Waals surface area contributed by atoms with Gasteiger partial charge in [-0.15, -0.1) is 13.2 Å². The zero-order valence-corrected chi connectivity index (χ0v) is 18.6. The number of piperazine rings is 1. The fourth-order valence-electron chi connectivity index (χ4n) is 4.51. The SMILES string of the molecule is FC(F)(F)Oc1ccc(-n2nc(N3CCN(CCN4CCOCC4)CC3)cc2C2CC2)cc1. The van der Waals surface area contributed by atoms with Crippen LogP contribution in [-0.2, 0) is 4.74 Å². The van der Waals surface area contributed by atoms with Crippen LogP contribution in [0.2, 0.25) is 0 Å². The van der Waals surface area contributed by atoms with E-state index in [4.69, 9.17) is 9.84 Å². The lowest BCUT2D eigenvalue weighted by atomic mass is 10.2. The van der Waals surface area contributed by atoms with Crippen LogP contribution in [0, 0.1) is 0 Å². The van der Waals surface area contributed by atoms with E-state index in [1.54, 1.807) is 12.1 Å². The largest absolute Gasteiger partial charge is 0.573 e. The van der Waals surface area contributed by atoms with Crippen molar-refractivity contribution in [3.63, 3.8) is 0 Å². The molecule has 2 aromatic rings. The maximum atomic E-state index is 12.5. The van der Waals surface area contributed by atoms with E-state index in [1.807, 2.05) is 4.68 Å². The third-order valence-electron chi connectivity index (χ3n) is 6.57. The van der Waals surface area contributed by atoms with Crippen LogP contribution in [0.15, 0.2) is 30.3 Å². The summed E-state index contributed by atoms with van der Waals surface area (Å²) in [5.74, 6) is 1.19. The Morgan fingerprint density at radius 3 is 2.15 bits per heavy atom. The Kier molecular flexibility index (Phi) is 6.49. The van der Waals surface area contributed by atoms with E-state index in [0.717, 1.165) is 95.6 Å². The molecule has 0 atom stereocenters. The van der Waals surface area contributed by atoms with E-state index in [1.165, 1.54) is 12.1 Å². The summed E-state index contributed by atoms with van der Waals surface area (Å²) >= 11 is 0. The van der Waals surface area contributed by atoms with Crippen molar-refractivity contribution < 1.29 is 22.6 Å². The molecule has 3 fully saturated rings. The van der Waals surface area contributed by atoms with Gasteiger partial charge in [0.15, 0.2) is 5.82 Å². The number of benzene rings is 1. The van der Waals surface area contributed by atoms with Gasteiger partial charge in [0.25, 0.3) is 0 Å². The maximum Gasteiger partial charge on any atom is 0.573 e. The van der Waals surface area contributed by atoms with Gasteiger partial charge in [-0.2, -0.15) is 5.10 Å². The zero-order chi connectivity index (χ0) is 22.8. The molecule has 3 aliphatic rings. The Morgan fingerprint density at radius 1 is 0.909 bits per heavy atom. The molecule has 10 heteroatoms. The van der Waals surface area contributed by atoms with Crippen LogP contribution in [0.5, 0.6) is 5.75 Å². The molecule has 2 saturated heterocycles. The molecule has 1 aromatic carbocycles. The number of alkyl halides is 3. The van der Waals surface area contributed by atoms with Gasteiger partial charge < -0.3 is 14.4 Å². The van der Waals surface area contributed by atoms with Crippen LogP contribution in [0.3, 0.4) is 0 Å². The minimum atomic E-state index is -4.69. The molecule has 1 aromatic heterocycles. The fraction of sp³-hybridized carbons (Fsp3) is 0.609. The van der Waals surface area contributed by atoms with Crippen LogP contribution in [0.4, 0.5) is 19.0 Å². The highest BCUT2D eigenvalue weighted by molar-refractivity contribution is 5.47. The first-order chi connectivity index (χ1) is 15.9. The Bertz CT molecular complexity index is 915. The number of anilines is 1. The second kappa shape index (κ2) is 9.52. The number of halogens is 3. The van der Waals surface area contributed by atoms with Crippen LogP contribution >= 0.6 is 0 Å². The van der Waals surface area contributed by atoms with Gasteiger partial charge >= 0.3 is 6.36 Å². The summed E-state index contributed by atoms with van der Waals surface area (Å²) in [6.07, 6.45) is -2.45. The van der Waals surface area contributed by atoms with E-state index in [0.29, 0.717) is 5.92 Å². The quantitative estimate of drug-likeness (QED) is 0.626. The third-order valence-corrected chi connectivity index (χ3v) is 6.57. The van der Waals surface area contributed by atoms with E-state index in [9.17, 15) is 13.2 Å². The van der Waals surface area contributed by atoms with Crippen molar-refractivity contribution >= 4 is 5.82 Å². The fourth-order valence-corrected chi connectivity index (χ4v) is 4.51. The minimum Gasteiger partial charge on any atom is -0.406 e. The Labute approximate surface area is 191 Å². The number of hydrogen-bond acceptors (Lipinski definition) is 6. The van der Waals surface area contributed by atoms with E-state index < -0.39 is 6.36 Å². The number of aromatic nitrogens is 2. The van der Waals surface area contributed by atoms with Gasteiger partial charge in [0.2, 0.25) is 0 Å². The highest BCUT2D eigenvalue weighted by Gasteiger charge is 2.32. The molecular formula is C23H30F3N5O2. The Morgan fingerprint density at radius 2 is 1.55 bits per heavy atom. The summed E-state index contributed by atoms with van der Waals surface area (Å²) in [6, 6.07) is 8.10. The number of hydrogen-bond donors (Lipinski definition) is 0. The van der Waals surface area contributed by atoms with Crippen molar-refractivity contribution in [2.75, 3.05) is 70.5 Å². The summed E-state index contributed by atoms with van der Waals surface area (Å²) in [5.41, 5.74) is 1.88. The molecule has 0 N–H and O–H groups in total. The van der Waals surface area contributed by atoms with Crippen LogP contribution in [0.25, 0.3) is 5.69 Å². The molecule has 1 saturated carbocycles. The molecule has 3 heterocycles. The number of morpholine rings is 1. The average molecular weight is 466 g/mol. The molecule has 2 aliphatic heterocycles. The second-order valence-electron chi connectivity index (χ2n) is 8.94. The molecule has 0 spiro atoms. The standard InChI is InChI=1S/C23H30F3N5O2/c24-23(25,26)33-20-5-3-19(4-6-20)31-21(18-1-2-18)17-22(27-31)30-11-9-28(10-12-30)7-8-29-13-15-32-16-14-29/h3-6,17-18H,1-2,7-16H2. The average Bonchev–Trinajstić information content (AvgIpc) is 3.56. The van der Waals surface area contributed by atoms with Gasteiger partial charge in [-0.05, 0) is 37.1 Å². The Balaban J connectivity index is 1.22. The van der Waals surface area contributed by atoms with E-state index in [2.05, 4.69) is 25.5 Å². The first kappa shape index (κ1) is 22.5. The van der Waals surface area contributed by atoms with Gasteiger partial charge in [0.05, 0.1) is 18.9 Å². The summed E-state index contributed by atoms with van der Waals surface area (Å²) in [4.78, 5) is 7.28. The van der Waals surface area contributed by atoms with Crippen LogP contribution in [-0.4, -0.2) is 91.5 Å². The molecule has 33 heavy (non-hydrogen) atoms. The smallest absolute Gasteiger partial charge is 0.406 e. The van der Waals surface area contributed by atoms with E-state index >= 15 is 0 Å². The van der Waals surface area contributed by atoms with Gasteiger partial charge in [-0.1, -0.05) is 0 Å². The number of ether oxygens (including phenoxy) is 2. The van der Waals surface area contributed by atoms with Crippen LogP contribution in [0.1, 0.15) is 24.5 Å². The third kappa shape index (κ3) is 5.80. The first-order valence-corrected chi connectivity index (χ1v) is 11.7. The highest BCUT2D eigenvalue weighted by atomic mass is 19.4. The first-order valence-electron chi connectivity index (χ1n) is 11.7. The normalized spacial score (nSPS) is 20.9. The summed E-state index contributed by atoms with van der Waals surface area (Å²) in [7, 11) is 0. The number of nitrogens with zero attached hydrogens (tertiary/aromatic N) is 5. The summed E-state index contributed by atoms with van der Waals surface area (Å²) in [6.45, 7) is 9.69. The molecule has 7 nitrogen and oxygen atoms in total. The topological polar surface area (TPSA) is 46.0 Å². The van der Waals surface area contributed by atoms with Crippen molar-refractivity contribution in [1.82, 2.24) is 19.6 Å². The van der Waals surface area contributed by atoms with E-state index in [-0.39, 0.29) is 5.75 Å². The minimum absolute atomic E-state index is 0.222. The molecule has 5 rings (SSSR count). The molecule has 1 aliphatic carbocycles. The van der Waals surface area contributed by atoms with Gasteiger partial charge in [-0.3, -0.25) is 9.80 Å². The van der Waals surface area contributed by atoms with Crippen molar-refractivity contribution in [1.29, 1.82) is 0 Å². The lowest BCUT2D eigenvalue weighted by Crippen LogP contribution is -2.49. The van der Waals surface area contributed by atoms with Crippen molar-refractivity contribution in [2.24, 2.45) is 0 Å². The predicted octanol–water partition coefficient (Wildman–Crippen LogP) is 3.10. The predicted molar refractivity (Wildman–Crippen MR) is 118 cm³/mol. The monoisotopic (exact) mass is 465 g/mol. The number of rotatable bonds is 7. The van der Waals surface area contributed by atoms with Crippen molar-refractivity contribution in [2.45, 2.75) is 25.1 Å². The van der Waals surface area contributed by atoms with Gasteiger partial charge in [-0.25, -0.2) is 4.68 Å². The Hall–Kier alpha value is -2.30. The van der Waals surface area contributed by atoms with Gasteiger partial charge in [0, 0.05) is 70.0 Å². The second-order valence-corrected chi connectivity index (χ2v) is 8.94. The van der Waals surface area contributed by atoms with Crippen molar-refractivity contribution in [3.05, 3.63) is 36.0 Å². The lowest BCUT2D eigenvalue weighted by Gasteiger charge is -2.36. The lowest BCUT2D eigenvalue weighted by molar-refractivity contribution is -0.274.